The SMILES string of the molecule is Cc1ccccc1-c1nn(CN(C)Cc2nc3ccccc3s2)c(=S)n1C. The van der Waals surface area contributed by atoms with Crippen molar-refractivity contribution in [2.75, 3.05) is 7.05 Å². The van der Waals surface area contributed by atoms with Crippen LogP contribution >= 0.6 is 23.6 Å². The summed E-state index contributed by atoms with van der Waals surface area (Å²) in [5.74, 6) is 0.895. The maximum atomic E-state index is 5.62. The fourth-order valence-corrected chi connectivity index (χ4v) is 4.37. The molecule has 0 aliphatic rings. The molecule has 0 fully saturated rings. The Bertz CT molecular complexity index is 1120. The third-order valence-electron chi connectivity index (χ3n) is 4.55. The van der Waals surface area contributed by atoms with Crippen LogP contribution in [0.1, 0.15) is 10.6 Å². The van der Waals surface area contributed by atoms with Crippen molar-refractivity contribution in [3.8, 4) is 11.4 Å². The van der Waals surface area contributed by atoms with Gasteiger partial charge in [0.1, 0.15) is 5.01 Å². The van der Waals surface area contributed by atoms with Crippen molar-refractivity contribution in [1.29, 1.82) is 0 Å². The normalized spacial score (nSPS) is 11.6. The molecule has 5 nitrogen and oxygen atoms in total. The molecule has 7 heteroatoms. The van der Waals surface area contributed by atoms with Crippen molar-refractivity contribution in [3.63, 3.8) is 0 Å². The highest BCUT2D eigenvalue weighted by Gasteiger charge is 2.14. The van der Waals surface area contributed by atoms with Crippen LogP contribution in [-0.2, 0) is 20.3 Å². The zero-order chi connectivity index (χ0) is 19.0. The smallest absolute Gasteiger partial charge is 0.199 e. The highest BCUT2D eigenvalue weighted by atomic mass is 32.1. The fraction of sp³-hybridized carbons (Fsp3) is 0.250. The van der Waals surface area contributed by atoms with Crippen LogP contribution in [0.2, 0.25) is 0 Å². The first-order chi connectivity index (χ1) is 13.0. The predicted molar refractivity (Wildman–Crippen MR) is 113 cm³/mol. The highest BCUT2D eigenvalue weighted by molar-refractivity contribution is 7.71. The van der Waals surface area contributed by atoms with Gasteiger partial charge in [-0.2, -0.15) is 5.10 Å². The van der Waals surface area contributed by atoms with Gasteiger partial charge in [-0.3, -0.25) is 4.90 Å². The van der Waals surface area contributed by atoms with Crippen LogP contribution in [0.4, 0.5) is 0 Å². The first-order valence-electron chi connectivity index (χ1n) is 8.76. The molecular formula is C20H21N5S2. The summed E-state index contributed by atoms with van der Waals surface area (Å²) in [7, 11) is 4.04. The fourth-order valence-electron chi connectivity index (χ4n) is 3.14. The molecule has 0 saturated heterocycles. The number of aromatic nitrogens is 4. The zero-order valence-electron chi connectivity index (χ0n) is 15.6. The van der Waals surface area contributed by atoms with Gasteiger partial charge in [0, 0.05) is 12.6 Å². The first-order valence-corrected chi connectivity index (χ1v) is 9.98. The van der Waals surface area contributed by atoms with Gasteiger partial charge in [-0.05, 0) is 43.9 Å². The van der Waals surface area contributed by atoms with Crippen molar-refractivity contribution < 1.29 is 0 Å². The predicted octanol–water partition coefficient (Wildman–Crippen LogP) is 4.63. The van der Waals surface area contributed by atoms with Crippen molar-refractivity contribution in [1.82, 2.24) is 24.2 Å². The summed E-state index contributed by atoms with van der Waals surface area (Å²) < 4.78 is 5.79. The Kier molecular flexibility index (Phi) is 4.90. The molecule has 0 aliphatic carbocycles. The minimum Gasteiger partial charge on any atom is -0.303 e. The Morgan fingerprint density at radius 2 is 1.85 bits per heavy atom. The largest absolute Gasteiger partial charge is 0.303 e. The average Bonchev–Trinajstić information content (AvgIpc) is 3.17. The summed E-state index contributed by atoms with van der Waals surface area (Å²) in [5.41, 5.74) is 3.36. The van der Waals surface area contributed by atoms with Gasteiger partial charge in [0.15, 0.2) is 10.6 Å². The van der Waals surface area contributed by atoms with Crippen molar-refractivity contribution >= 4 is 33.8 Å². The van der Waals surface area contributed by atoms with E-state index in [0.717, 1.165) is 28.5 Å². The molecule has 0 aliphatic heterocycles. The Labute approximate surface area is 167 Å². The molecule has 2 aromatic heterocycles. The zero-order valence-corrected chi connectivity index (χ0v) is 17.2. The van der Waals surface area contributed by atoms with Crippen molar-refractivity contribution in [2.45, 2.75) is 20.1 Å². The molecule has 0 amide bonds. The number of fused-ring (bicyclic) bond motifs is 1. The summed E-state index contributed by atoms with van der Waals surface area (Å²) in [5, 5.41) is 5.88. The topological polar surface area (TPSA) is 38.9 Å². The third-order valence-corrected chi connectivity index (χ3v) is 6.05. The average molecular weight is 396 g/mol. The van der Waals surface area contributed by atoms with E-state index in [1.54, 1.807) is 11.3 Å². The molecule has 0 N–H and O–H groups in total. The van der Waals surface area contributed by atoms with Crippen LogP contribution in [-0.4, -0.2) is 31.3 Å². The maximum Gasteiger partial charge on any atom is 0.199 e. The molecular weight excluding hydrogens is 374 g/mol. The highest BCUT2D eigenvalue weighted by Crippen LogP contribution is 2.23. The second-order valence-electron chi connectivity index (χ2n) is 6.71. The van der Waals surface area contributed by atoms with Crippen LogP contribution in [0, 0.1) is 11.7 Å². The molecule has 0 bridgehead atoms. The second kappa shape index (κ2) is 7.34. The third kappa shape index (κ3) is 3.58. The molecule has 0 radical (unpaired) electrons. The van der Waals surface area contributed by atoms with Crippen LogP contribution in [0.3, 0.4) is 0 Å². The number of hydrogen-bond acceptors (Lipinski definition) is 5. The molecule has 0 saturated carbocycles. The van der Waals surface area contributed by atoms with Gasteiger partial charge in [-0.15, -0.1) is 11.3 Å². The van der Waals surface area contributed by atoms with Gasteiger partial charge in [-0.25, -0.2) is 9.67 Å². The molecule has 138 valence electrons. The Balaban J connectivity index is 1.56. The van der Waals surface area contributed by atoms with E-state index in [2.05, 4.69) is 43.1 Å². The van der Waals surface area contributed by atoms with Gasteiger partial charge in [-0.1, -0.05) is 36.4 Å². The summed E-state index contributed by atoms with van der Waals surface area (Å²) >= 11 is 7.35. The van der Waals surface area contributed by atoms with E-state index in [1.165, 1.54) is 10.3 Å². The van der Waals surface area contributed by atoms with E-state index < -0.39 is 0 Å². The van der Waals surface area contributed by atoms with Crippen LogP contribution in [0.15, 0.2) is 48.5 Å². The van der Waals surface area contributed by atoms with Crippen LogP contribution in [0.25, 0.3) is 21.6 Å². The van der Waals surface area contributed by atoms with Crippen LogP contribution < -0.4 is 0 Å². The number of nitrogens with zero attached hydrogens (tertiary/aromatic N) is 5. The van der Waals surface area contributed by atoms with E-state index in [-0.39, 0.29) is 0 Å². The van der Waals surface area contributed by atoms with Gasteiger partial charge in [0.05, 0.1) is 23.4 Å². The molecule has 2 aromatic carbocycles. The number of benzene rings is 2. The number of thiazole rings is 1. The van der Waals surface area contributed by atoms with Gasteiger partial charge in [0.2, 0.25) is 0 Å². The van der Waals surface area contributed by atoms with Crippen molar-refractivity contribution in [2.24, 2.45) is 7.05 Å². The minimum atomic E-state index is 0.620. The van der Waals surface area contributed by atoms with E-state index in [9.17, 15) is 0 Å². The standard InChI is InChI=1S/C20H21N5S2/c1-14-8-4-5-9-15(14)19-22-25(20(26)24(19)3)13-23(2)12-18-21-16-10-6-7-11-17(16)27-18/h4-11H,12-13H2,1-3H3. The molecule has 0 unspecified atom stereocenters. The molecule has 27 heavy (non-hydrogen) atoms. The van der Waals surface area contributed by atoms with E-state index in [4.69, 9.17) is 22.3 Å². The lowest BCUT2D eigenvalue weighted by Crippen LogP contribution is -2.22. The molecule has 4 aromatic rings. The number of rotatable bonds is 5. The molecule has 2 heterocycles. The van der Waals surface area contributed by atoms with E-state index in [0.29, 0.717) is 11.4 Å². The monoisotopic (exact) mass is 395 g/mol. The first kappa shape index (κ1) is 18.0. The molecule has 0 spiro atoms. The van der Waals surface area contributed by atoms with Gasteiger partial charge < -0.3 is 4.57 Å². The molecule has 0 atom stereocenters. The minimum absolute atomic E-state index is 0.620. The Morgan fingerprint density at radius 1 is 1.11 bits per heavy atom. The summed E-state index contributed by atoms with van der Waals surface area (Å²) in [6, 6.07) is 16.5. The lowest BCUT2D eigenvalue weighted by Gasteiger charge is -2.14. The Morgan fingerprint density at radius 3 is 2.63 bits per heavy atom. The van der Waals surface area contributed by atoms with E-state index in [1.807, 2.05) is 40.6 Å². The number of para-hydroxylation sites is 1. The quantitative estimate of drug-likeness (QED) is 0.462. The van der Waals surface area contributed by atoms with Crippen LogP contribution in [0.5, 0.6) is 0 Å². The lowest BCUT2D eigenvalue weighted by atomic mass is 10.1. The summed E-state index contributed by atoms with van der Waals surface area (Å²) in [6.07, 6.45) is 0. The Hall–Kier alpha value is -2.35. The lowest BCUT2D eigenvalue weighted by molar-refractivity contribution is 0.244. The van der Waals surface area contributed by atoms with Gasteiger partial charge in [0.25, 0.3) is 0 Å². The van der Waals surface area contributed by atoms with Crippen molar-refractivity contribution in [3.05, 3.63) is 63.9 Å². The summed E-state index contributed by atoms with van der Waals surface area (Å²) in [6.45, 7) is 3.47. The maximum absolute atomic E-state index is 5.62. The number of aryl methyl sites for hydroxylation is 1. The summed E-state index contributed by atoms with van der Waals surface area (Å²) in [4.78, 5) is 6.90. The number of hydrogen-bond donors (Lipinski definition) is 0. The van der Waals surface area contributed by atoms with E-state index >= 15 is 0 Å². The second-order valence-corrected chi connectivity index (χ2v) is 8.19. The van der Waals surface area contributed by atoms with Gasteiger partial charge >= 0.3 is 0 Å². The molecule has 4 rings (SSSR count).